The van der Waals surface area contributed by atoms with E-state index in [0.717, 1.165) is 37.1 Å². The summed E-state index contributed by atoms with van der Waals surface area (Å²) in [5.74, 6) is 0.881. The lowest BCUT2D eigenvalue weighted by Crippen LogP contribution is -2.39. The number of likely N-dealkylation sites (tertiary alicyclic amines) is 1. The molecule has 1 fully saturated rings. The zero-order chi connectivity index (χ0) is 16.1. The van der Waals surface area contributed by atoms with Crippen LogP contribution < -0.4 is 4.74 Å². The van der Waals surface area contributed by atoms with Crippen molar-refractivity contribution in [1.82, 2.24) is 4.90 Å². The van der Waals surface area contributed by atoms with Crippen LogP contribution in [0.5, 0.6) is 5.75 Å². The highest BCUT2D eigenvalue weighted by molar-refractivity contribution is 5.78. The van der Waals surface area contributed by atoms with Gasteiger partial charge < -0.3 is 9.64 Å². The average molecular weight is 309 g/mol. The minimum atomic E-state index is 0.0895. The predicted molar refractivity (Wildman–Crippen MR) is 91.6 cm³/mol. The third kappa shape index (κ3) is 3.92. The van der Waals surface area contributed by atoms with Crippen LogP contribution in [0.3, 0.4) is 0 Å². The van der Waals surface area contributed by atoms with Crippen molar-refractivity contribution in [3.8, 4) is 5.75 Å². The number of benzene rings is 2. The van der Waals surface area contributed by atoms with Crippen molar-refractivity contribution in [2.24, 2.45) is 0 Å². The molecule has 3 heteroatoms. The summed E-state index contributed by atoms with van der Waals surface area (Å²) in [7, 11) is 0. The first kappa shape index (κ1) is 15.6. The second-order valence-corrected chi connectivity index (χ2v) is 6.13. The van der Waals surface area contributed by atoms with E-state index in [4.69, 9.17) is 4.74 Å². The minimum Gasteiger partial charge on any atom is -0.484 e. The molecule has 2 aromatic rings. The second-order valence-electron chi connectivity index (χ2n) is 6.13. The van der Waals surface area contributed by atoms with Crippen LogP contribution in [0.15, 0.2) is 54.6 Å². The molecule has 3 rings (SSSR count). The Bertz CT molecular complexity index is 654. The number of nitrogens with zero attached hydrogens (tertiary/aromatic N) is 1. The van der Waals surface area contributed by atoms with Crippen LogP contribution in [0.1, 0.15) is 24.0 Å². The van der Waals surface area contributed by atoms with Crippen LogP contribution >= 0.6 is 0 Å². The van der Waals surface area contributed by atoms with E-state index in [9.17, 15) is 4.79 Å². The monoisotopic (exact) mass is 309 g/mol. The molecule has 1 unspecified atom stereocenters. The maximum Gasteiger partial charge on any atom is 0.260 e. The summed E-state index contributed by atoms with van der Waals surface area (Å²) in [6.45, 7) is 2.96. The van der Waals surface area contributed by atoms with E-state index in [1.165, 1.54) is 5.56 Å². The maximum absolute atomic E-state index is 12.5. The van der Waals surface area contributed by atoms with Crippen LogP contribution in [-0.4, -0.2) is 30.0 Å². The fourth-order valence-corrected chi connectivity index (χ4v) is 3.20. The molecule has 0 radical (unpaired) electrons. The third-order valence-corrected chi connectivity index (χ3v) is 4.46. The summed E-state index contributed by atoms with van der Waals surface area (Å²) in [6.07, 6.45) is 3.08. The van der Waals surface area contributed by atoms with Gasteiger partial charge in [-0.2, -0.15) is 0 Å². The van der Waals surface area contributed by atoms with Crippen molar-refractivity contribution in [1.29, 1.82) is 0 Å². The number of para-hydroxylation sites is 1. The number of hydrogen-bond acceptors (Lipinski definition) is 2. The largest absolute Gasteiger partial charge is 0.484 e. The predicted octanol–water partition coefficient (Wildman–Crippen LogP) is 3.61. The molecular formula is C20H23NO2. The first-order valence-corrected chi connectivity index (χ1v) is 8.26. The van der Waals surface area contributed by atoms with E-state index < -0.39 is 0 Å². The number of carbonyl (C=O) groups excluding carboxylic acids is 1. The fraction of sp³-hybridized carbons (Fsp3) is 0.350. The summed E-state index contributed by atoms with van der Waals surface area (Å²) in [4.78, 5) is 14.5. The fourth-order valence-electron chi connectivity index (χ4n) is 3.20. The molecule has 1 aliphatic rings. The quantitative estimate of drug-likeness (QED) is 0.844. The Morgan fingerprint density at radius 1 is 1.13 bits per heavy atom. The van der Waals surface area contributed by atoms with Crippen LogP contribution in [0.25, 0.3) is 0 Å². The first-order chi connectivity index (χ1) is 11.2. The molecule has 1 heterocycles. The zero-order valence-corrected chi connectivity index (χ0v) is 13.6. The highest BCUT2D eigenvalue weighted by Gasteiger charge is 2.28. The van der Waals surface area contributed by atoms with Gasteiger partial charge in [0.25, 0.3) is 5.91 Å². The van der Waals surface area contributed by atoms with Crippen molar-refractivity contribution in [2.75, 3.05) is 13.2 Å². The molecule has 1 saturated heterocycles. The summed E-state index contributed by atoms with van der Waals surface area (Å²) in [5, 5.41) is 0. The van der Waals surface area contributed by atoms with E-state index in [0.29, 0.717) is 6.04 Å². The van der Waals surface area contributed by atoms with E-state index in [-0.39, 0.29) is 12.5 Å². The molecule has 0 saturated carbocycles. The topological polar surface area (TPSA) is 29.5 Å². The number of aryl methyl sites for hydroxylation is 1. The van der Waals surface area contributed by atoms with Gasteiger partial charge in [0, 0.05) is 12.6 Å². The van der Waals surface area contributed by atoms with Gasteiger partial charge in [-0.25, -0.2) is 0 Å². The lowest BCUT2D eigenvalue weighted by atomic mass is 10.0. The summed E-state index contributed by atoms with van der Waals surface area (Å²) < 4.78 is 5.72. The van der Waals surface area contributed by atoms with Gasteiger partial charge in [0.1, 0.15) is 5.75 Å². The smallest absolute Gasteiger partial charge is 0.260 e. The highest BCUT2D eigenvalue weighted by Crippen LogP contribution is 2.22. The Labute approximate surface area is 137 Å². The van der Waals surface area contributed by atoms with Crippen molar-refractivity contribution in [2.45, 2.75) is 32.2 Å². The molecule has 0 aromatic heterocycles. The summed E-state index contributed by atoms with van der Waals surface area (Å²) in [5.41, 5.74) is 2.35. The van der Waals surface area contributed by atoms with Gasteiger partial charge >= 0.3 is 0 Å². The molecule has 0 bridgehead atoms. The van der Waals surface area contributed by atoms with Crippen molar-refractivity contribution >= 4 is 5.91 Å². The summed E-state index contributed by atoms with van der Waals surface area (Å²) >= 11 is 0. The van der Waals surface area contributed by atoms with Crippen molar-refractivity contribution in [3.05, 3.63) is 65.7 Å². The van der Waals surface area contributed by atoms with Crippen molar-refractivity contribution < 1.29 is 9.53 Å². The highest BCUT2D eigenvalue weighted by atomic mass is 16.5. The van der Waals surface area contributed by atoms with E-state index in [1.54, 1.807) is 0 Å². The number of hydrogen-bond donors (Lipinski definition) is 0. The lowest BCUT2D eigenvalue weighted by Gasteiger charge is -2.25. The van der Waals surface area contributed by atoms with E-state index in [2.05, 4.69) is 24.3 Å². The van der Waals surface area contributed by atoms with Crippen molar-refractivity contribution in [3.63, 3.8) is 0 Å². The molecule has 1 amide bonds. The normalized spacial score (nSPS) is 17.3. The molecule has 0 aliphatic carbocycles. The molecule has 3 nitrogen and oxygen atoms in total. The van der Waals surface area contributed by atoms with Gasteiger partial charge in [-0.3, -0.25) is 4.79 Å². The molecule has 1 aliphatic heterocycles. The van der Waals surface area contributed by atoms with E-state index >= 15 is 0 Å². The molecule has 2 aromatic carbocycles. The third-order valence-electron chi connectivity index (χ3n) is 4.46. The Morgan fingerprint density at radius 3 is 2.65 bits per heavy atom. The van der Waals surface area contributed by atoms with Gasteiger partial charge in [-0.05, 0) is 43.4 Å². The zero-order valence-electron chi connectivity index (χ0n) is 13.6. The minimum absolute atomic E-state index is 0.0895. The van der Waals surface area contributed by atoms with Crippen LogP contribution in [0.4, 0.5) is 0 Å². The Morgan fingerprint density at radius 2 is 1.87 bits per heavy atom. The maximum atomic E-state index is 12.5. The first-order valence-electron chi connectivity index (χ1n) is 8.26. The van der Waals surface area contributed by atoms with Gasteiger partial charge in [0.15, 0.2) is 6.61 Å². The van der Waals surface area contributed by atoms with Crippen LogP contribution in [0, 0.1) is 6.92 Å². The molecule has 0 spiro atoms. The summed E-state index contributed by atoms with van der Waals surface area (Å²) in [6, 6.07) is 18.5. The van der Waals surface area contributed by atoms with Gasteiger partial charge in [-0.1, -0.05) is 48.5 Å². The molecule has 0 N–H and O–H groups in total. The van der Waals surface area contributed by atoms with E-state index in [1.807, 2.05) is 42.2 Å². The number of rotatable bonds is 5. The van der Waals surface area contributed by atoms with Gasteiger partial charge in [0.05, 0.1) is 0 Å². The Balaban J connectivity index is 1.59. The Kier molecular flexibility index (Phi) is 4.96. The molecule has 1 atom stereocenters. The number of amides is 1. The molecular weight excluding hydrogens is 286 g/mol. The number of ether oxygens (including phenoxy) is 1. The average Bonchev–Trinajstić information content (AvgIpc) is 3.03. The van der Waals surface area contributed by atoms with Crippen LogP contribution in [0.2, 0.25) is 0 Å². The standard InChI is InChI=1S/C20H23NO2/c1-16-8-5-6-12-19(16)23-15-20(22)21-13-7-11-18(21)14-17-9-3-2-4-10-17/h2-6,8-10,12,18H,7,11,13-15H2,1H3. The Hall–Kier alpha value is -2.29. The molecule has 23 heavy (non-hydrogen) atoms. The van der Waals surface area contributed by atoms with Gasteiger partial charge in [0.2, 0.25) is 0 Å². The SMILES string of the molecule is Cc1ccccc1OCC(=O)N1CCCC1Cc1ccccc1. The van der Waals surface area contributed by atoms with Gasteiger partial charge in [-0.15, -0.1) is 0 Å². The number of carbonyl (C=O) groups is 1. The lowest BCUT2D eigenvalue weighted by molar-refractivity contribution is -0.134. The molecule has 120 valence electrons. The second kappa shape index (κ2) is 7.32. The van der Waals surface area contributed by atoms with Crippen LogP contribution in [-0.2, 0) is 11.2 Å².